The lowest BCUT2D eigenvalue weighted by molar-refractivity contribution is -0.121. The maximum absolute atomic E-state index is 11.7. The minimum absolute atomic E-state index is 0.0961. The van der Waals surface area contributed by atoms with Gasteiger partial charge in [-0.1, -0.05) is 13.3 Å². The van der Waals surface area contributed by atoms with Crippen LogP contribution in [0, 0.1) is 5.41 Å². The lowest BCUT2D eigenvalue weighted by Crippen LogP contribution is -2.43. The summed E-state index contributed by atoms with van der Waals surface area (Å²) in [6.07, 6.45) is 5.66. The zero-order valence-corrected chi connectivity index (χ0v) is 11.9. The van der Waals surface area contributed by atoms with Crippen LogP contribution in [0.25, 0.3) is 0 Å². The van der Waals surface area contributed by atoms with Crippen LogP contribution in [0.15, 0.2) is 0 Å². The number of rotatable bonds is 6. The highest BCUT2D eigenvalue weighted by atomic mass is 16.1. The molecule has 0 radical (unpaired) electrons. The van der Waals surface area contributed by atoms with Gasteiger partial charge in [0.15, 0.2) is 0 Å². The van der Waals surface area contributed by atoms with Crippen molar-refractivity contribution < 1.29 is 4.79 Å². The van der Waals surface area contributed by atoms with Crippen LogP contribution in [0.5, 0.6) is 0 Å². The van der Waals surface area contributed by atoms with Crippen molar-refractivity contribution in [3.8, 4) is 0 Å². The topological polar surface area (TPSA) is 41.1 Å². The molecule has 0 spiro atoms. The van der Waals surface area contributed by atoms with Crippen LogP contribution in [0.3, 0.4) is 0 Å². The summed E-state index contributed by atoms with van der Waals surface area (Å²) in [6, 6.07) is 0. The van der Waals surface area contributed by atoms with Gasteiger partial charge in [0, 0.05) is 25.0 Å². The molecule has 1 aliphatic rings. The molecule has 0 aromatic rings. The average Bonchev–Trinajstić information content (AvgIpc) is 2.14. The molecule has 3 nitrogen and oxygen atoms in total. The van der Waals surface area contributed by atoms with Gasteiger partial charge in [-0.3, -0.25) is 4.79 Å². The van der Waals surface area contributed by atoms with Crippen LogP contribution >= 0.6 is 0 Å². The Bertz CT molecular complexity index is 246. The third kappa shape index (κ3) is 5.07. The molecule has 0 heterocycles. The van der Waals surface area contributed by atoms with Gasteiger partial charge in [-0.05, 0) is 45.4 Å². The van der Waals surface area contributed by atoms with Gasteiger partial charge in [0.2, 0.25) is 5.91 Å². The van der Waals surface area contributed by atoms with Crippen molar-refractivity contribution >= 4 is 5.91 Å². The Morgan fingerprint density at radius 2 is 1.94 bits per heavy atom. The van der Waals surface area contributed by atoms with Crippen LogP contribution in [-0.4, -0.2) is 24.5 Å². The van der Waals surface area contributed by atoms with Gasteiger partial charge in [-0.25, -0.2) is 0 Å². The van der Waals surface area contributed by atoms with E-state index in [2.05, 4.69) is 38.3 Å². The van der Waals surface area contributed by atoms with E-state index in [1.54, 1.807) is 0 Å². The summed E-state index contributed by atoms with van der Waals surface area (Å²) in [5.74, 6) is 0.182. The Labute approximate surface area is 106 Å². The monoisotopic (exact) mass is 240 g/mol. The van der Waals surface area contributed by atoms with E-state index in [1.165, 1.54) is 25.7 Å². The fourth-order valence-electron chi connectivity index (χ4n) is 2.26. The lowest BCUT2D eigenvalue weighted by Gasteiger charge is -2.41. The zero-order valence-electron chi connectivity index (χ0n) is 11.9. The average molecular weight is 240 g/mol. The fraction of sp³-hybridized carbons (Fsp3) is 0.929. The van der Waals surface area contributed by atoms with Gasteiger partial charge < -0.3 is 10.6 Å². The summed E-state index contributed by atoms with van der Waals surface area (Å²) in [5, 5.41) is 6.41. The number of carbonyl (C=O) groups excluding carboxylic acids is 1. The van der Waals surface area contributed by atoms with Gasteiger partial charge in [0.1, 0.15) is 0 Å². The summed E-state index contributed by atoms with van der Waals surface area (Å²) in [6.45, 7) is 10.2. The molecular formula is C14H28N2O. The van der Waals surface area contributed by atoms with Crippen molar-refractivity contribution in [1.29, 1.82) is 0 Å². The minimum atomic E-state index is 0.0961. The van der Waals surface area contributed by atoms with Crippen molar-refractivity contribution in [1.82, 2.24) is 10.6 Å². The van der Waals surface area contributed by atoms with E-state index in [4.69, 9.17) is 0 Å². The Morgan fingerprint density at radius 1 is 1.29 bits per heavy atom. The number of hydrogen-bond acceptors (Lipinski definition) is 2. The summed E-state index contributed by atoms with van der Waals surface area (Å²) in [5.41, 5.74) is 0.520. The van der Waals surface area contributed by atoms with Gasteiger partial charge in [0.05, 0.1) is 0 Å². The first kappa shape index (κ1) is 14.5. The Morgan fingerprint density at radius 3 is 2.35 bits per heavy atom. The van der Waals surface area contributed by atoms with Crippen LogP contribution in [0.4, 0.5) is 0 Å². The third-order valence-electron chi connectivity index (χ3n) is 3.83. The number of amides is 1. The molecule has 2 N–H and O–H groups in total. The molecule has 0 aromatic heterocycles. The van der Waals surface area contributed by atoms with Gasteiger partial charge in [-0.2, -0.15) is 0 Å². The Kier molecular flexibility index (Phi) is 4.99. The van der Waals surface area contributed by atoms with E-state index < -0.39 is 0 Å². The lowest BCUT2D eigenvalue weighted by atomic mass is 9.67. The highest BCUT2D eigenvalue weighted by Crippen LogP contribution is 2.42. The standard InChI is InChI=1S/C14H28N2O/c1-5-14(8-6-9-14)11-15-12(17)7-10-16-13(2,3)4/h16H,5-11H2,1-4H3,(H,15,17). The maximum Gasteiger partial charge on any atom is 0.221 e. The largest absolute Gasteiger partial charge is 0.356 e. The van der Waals surface area contributed by atoms with Crippen LogP contribution in [-0.2, 0) is 4.79 Å². The van der Waals surface area contributed by atoms with E-state index in [-0.39, 0.29) is 11.4 Å². The van der Waals surface area contributed by atoms with Crippen LogP contribution in [0.1, 0.15) is 59.8 Å². The highest BCUT2D eigenvalue weighted by Gasteiger charge is 2.34. The van der Waals surface area contributed by atoms with Crippen molar-refractivity contribution in [3.05, 3.63) is 0 Å². The molecule has 3 heteroatoms. The molecule has 0 saturated heterocycles. The maximum atomic E-state index is 11.7. The van der Waals surface area contributed by atoms with E-state index in [1.807, 2.05) is 0 Å². The summed E-state index contributed by atoms with van der Waals surface area (Å²) in [7, 11) is 0. The molecule has 0 unspecified atom stereocenters. The van der Waals surface area contributed by atoms with Crippen LogP contribution < -0.4 is 10.6 Å². The number of carbonyl (C=O) groups is 1. The van der Waals surface area contributed by atoms with Gasteiger partial charge >= 0.3 is 0 Å². The molecule has 1 amide bonds. The molecule has 100 valence electrons. The predicted molar refractivity (Wildman–Crippen MR) is 72.0 cm³/mol. The first-order valence-corrected chi connectivity index (χ1v) is 6.89. The van der Waals surface area contributed by atoms with Crippen molar-refractivity contribution in [3.63, 3.8) is 0 Å². The normalized spacial score (nSPS) is 18.6. The molecule has 0 bridgehead atoms. The van der Waals surface area contributed by atoms with E-state index in [0.717, 1.165) is 13.1 Å². The highest BCUT2D eigenvalue weighted by molar-refractivity contribution is 5.76. The third-order valence-corrected chi connectivity index (χ3v) is 3.83. The van der Waals surface area contributed by atoms with E-state index in [0.29, 0.717) is 11.8 Å². The van der Waals surface area contributed by atoms with Crippen molar-refractivity contribution in [2.24, 2.45) is 5.41 Å². The number of hydrogen-bond donors (Lipinski definition) is 2. The van der Waals surface area contributed by atoms with Gasteiger partial charge in [-0.15, -0.1) is 0 Å². The molecule has 0 aromatic carbocycles. The van der Waals surface area contributed by atoms with Crippen molar-refractivity contribution in [2.45, 2.75) is 65.3 Å². The second-order valence-electron chi connectivity index (χ2n) is 6.41. The molecule has 0 atom stereocenters. The zero-order chi connectivity index (χ0) is 12.9. The first-order chi connectivity index (χ1) is 7.87. The second-order valence-corrected chi connectivity index (χ2v) is 6.41. The molecule has 1 rings (SSSR count). The molecule has 1 aliphatic carbocycles. The smallest absolute Gasteiger partial charge is 0.221 e. The fourth-order valence-corrected chi connectivity index (χ4v) is 2.26. The molecule has 1 fully saturated rings. The first-order valence-electron chi connectivity index (χ1n) is 6.89. The van der Waals surface area contributed by atoms with Crippen molar-refractivity contribution in [2.75, 3.05) is 13.1 Å². The molecule has 1 saturated carbocycles. The minimum Gasteiger partial charge on any atom is -0.356 e. The summed E-state index contributed by atoms with van der Waals surface area (Å²) >= 11 is 0. The summed E-state index contributed by atoms with van der Waals surface area (Å²) in [4.78, 5) is 11.7. The van der Waals surface area contributed by atoms with Gasteiger partial charge in [0.25, 0.3) is 0 Å². The molecule has 17 heavy (non-hydrogen) atoms. The quantitative estimate of drug-likeness (QED) is 0.749. The van der Waals surface area contributed by atoms with E-state index >= 15 is 0 Å². The molecule has 0 aliphatic heterocycles. The SMILES string of the molecule is CCC1(CNC(=O)CCNC(C)(C)C)CCC1. The molecular weight excluding hydrogens is 212 g/mol. The Hall–Kier alpha value is -0.570. The summed E-state index contributed by atoms with van der Waals surface area (Å²) < 4.78 is 0. The Balaban J connectivity index is 2.13. The predicted octanol–water partition coefficient (Wildman–Crippen LogP) is 2.46. The number of nitrogens with one attached hydrogen (secondary N) is 2. The van der Waals surface area contributed by atoms with E-state index in [9.17, 15) is 4.79 Å². The van der Waals surface area contributed by atoms with Crippen LogP contribution in [0.2, 0.25) is 0 Å². The second kappa shape index (κ2) is 5.85.